The Morgan fingerprint density at radius 3 is 0.976 bits per heavy atom. The molecule has 0 aliphatic heterocycles. The third kappa shape index (κ3) is 7.97. The second-order valence-corrected chi connectivity index (χ2v) is 11.9. The minimum atomic E-state index is 0. The van der Waals surface area contributed by atoms with Crippen LogP contribution in [0.15, 0.2) is 72.8 Å². The molecule has 0 nitrogen and oxygen atoms in total. The average Bonchev–Trinajstić information content (AvgIpc) is 2.98. The van der Waals surface area contributed by atoms with E-state index in [0.717, 1.165) is 41.7 Å². The molecule has 0 aliphatic rings. The molecule has 4 aromatic carbocycles. The van der Waals surface area contributed by atoms with Gasteiger partial charge in [0, 0.05) is 16.5 Å². The Morgan fingerprint density at radius 1 is 0.390 bits per heavy atom. The van der Waals surface area contributed by atoms with Crippen LogP contribution in [0.1, 0.15) is 66.8 Å². The predicted molar refractivity (Wildman–Crippen MR) is 190 cm³/mol. The van der Waals surface area contributed by atoms with Crippen molar-refractivity contribution in [3.05, 3.63) is 140 Å². The summed E-state index contributed by atoms with van der Waals surface area (Å²) >= 11 is 22.4. The molecule has 0 atom stereocenters. The van der Waals surface area contributed by atoms with Gasteiger partial charge in [0.15, 0.2) is 0 Å². The van der Waals surface area contributed by atoms with E-state index < -0.39 is 0 Å². The maximum atomic E-state index is 5.63. The number of hydrogen-bond acceptors (Lipinski definition) is 4. The molecule has 0 heterocycles. The van der Waals surface area contributed by atoms with Gasteiger partial charge in [-0.2, -0.15) is 0 Å². The minimum absolute atomic E-state index is 0. The Labute approximate surface area is 277 Å². The number of rotatable bonds is 6. The van der Waals surface area contributed by atoms with Crippen LogP contribution < -0.4 is 0 Å². The second kappa shape index (κ2) is 15.3. The SMILES string of the molecule is Cc1cc(C(=S)C(=S)c2ccccc2)c(C)c(C)c1C.Cc1cc(C(=S)C(=S)c2ccccc2)c(C)c(C)c1C.[Ni]. The van der Waals surface area contributed by atoms with E-state index >= 15 is 0 Å². The van der Waals surface area contributed by atoms with Crippen LogP contribution in [0.2, 0.25) is 0 Å². The Bertz CT molecular complexity index is 1490. The van der Waals surface area contributed by atoms with E-state index in [2.05, 4.69) is 67.5 Å². The van der Waals surface area contributed by atoms with Crippen LogP contribution in [-0.2, 0) is 16.5 Å². The van der Waals surface area contributed by atoms with Gasteiger partial charge < -0.3 is 0 Å². The summed E-state index contributed by atoms with van der Waals surface area (Å²) in [5.74, 6) is 0. The van der Waals surface area contributed by atoms with Crippen molar-refractivity contribution in [1.29, 1.82) is 0 Å². The monoisotopic (exact) mass is 654 g/mol. The molecule has 0 fully saturated rings. The van der Waals surface area contributed by atoms with E-state index in [-0.39, 0.29) is 16.5 Å². The van der Waals surface area contributed by atoms with Crippen molar-refractivity contribution < 1.29 is 16.5 Å². The molecule has 4 rings (SSSR count). The van der Waals surface area contributed by atoms with Gasteiger partial charge >= 0.3 is 0 Å². The maximum Gasteiger partial charge on any atom is 0.0639 e. The van der Waals surface area contributed by atoms with E-state index in [9.17, 15) is 0 Å². The van der Waals surface area contributed by atoms with Crippen molar-refractivity contribution in [1.82, 2.24) is 0 Å². The third-order valence-electron chi connectivity index (χ3n) is 7.94. The van der Waals surface area contributed by atoms with Crippen molar-refractivity contribution in [2.75, 3.05) is 0 Å². The summed E-state index contributed by atoms with van der Waals surface area (Å²) in [6, 6.07) is 24.3. The zero-order valence-corrected chi connectivity index (χ0v) is 29.1. The molecule has 0 radical (unpaired) electrons. The summed E-state index contributed by atoms with van der Waals surface area (Å²) in [4.78, 5) is 3.06. The van der Waals surface area contributed by atoms with Crippen molar-refractivity contribution in [3.63, 3.8) is 0 Å². The first-order valence-corrected chi connectivity index (χ1v) is 14.9. The zero-order valence-electron chi connectivity index (χ0n) is 24.9. The fourth-order valence-electron chi connectivity index (χ4n) is 4.58. The van der Waals surface area contributed by atoms with E-state index in [1.165, 1.54) is 44.5 Å². The second-order valence-electron chi connectivity index (χ2n) is 10.3. The van der Waals surface area contributed by atoms with E-state index in [1.807, 2.05) is 60.7 Å². The van der Waals surface area contributed by atoms with Crippen LogP contribution in [0.4, 0.5) is 0 Å². The Kier molecular flexibility index (Phi) is 13.0. The number of thiocarbonyl (C=S) groups is 4. The molecule has 0 aromatic heterocycles. The largest absolute Gasteiger partial charge is 0.0778 e. The number of hydrogen-bond donors (Lipinski definition) is 0. The van der Waals surface area contributed by atoms with Gasteiger partial charge in [0.25, 0.3) is 0 Å². The first kappa shape index (κ1) is 34.9. The van der Waals surface area contributed by atoms with Gasteiger partial charge in [-0.3, -0.25) is 0 Å². The molecule has 0 spiro atoms. The molecule has 0 N–H and O–H groups in total. The Balaban J connectivity index is 0.000000280. The van der Waals surface area contributed by atoms with Gasteiger partial charge in [0.2, 0.25) is 0 Å². The molecular formula is C36H36NiS4. The zero-order chi connectivity index (χ0) is 29.7. The smallest absolute Gasteiger partial charge is 0.0639 e. The summed E-state index contributed by atoms with van der Waals surface area (Å²) in [7, 11) is 0. The molecular weight excluding hydrogens is 619 g/mol. The normalized spacial score (nSPS) is 10.1. The van der Waals surface area contributed by atoms with Crippen LogP contribution in [0.25, 0.3) is 0 Å². The summed E-state index contributed by atoms with van der Waals surface area (Å²) < 4.78 is 0. The fourth-order valence-corrected chi connectivity index (χ4v) is 5.73. The van der Waals surface area contributed by atoms with Gasteiger partial charge in [0.05, 0.1) is 19.5 Å². The van der Waals surface area contributed by atoms with Crippen molar-refractivity contribution in [3.8, 4) is 0 Å². The van der Waals surface area contributed by atoms with Crippen molar-refractivity contribution >= 4 is 68.3 Å². The molecule has 0 unspecified atom stereocenters. The molecule has 0 bridgehead atoms. The number of benzene rings is 4. The van der Waals surface area contributed by atoms with E-state index in [0.29, 0.717) is 0 Å². The molecule has 5 heteroatoms. The van der Waals surface area contributed by atoms with Crippen molar-refractivity contribution in [2.45, 2.75) is 55.4 Å². The van der Waals surface area contributed by atoms with E-state index in [4.69, 9.17) is 48.9 Å². The molecule has 0 saturated heterocycles. The van der Waals surface area contributed by atoms with Gasteiger partial charge in [0.1, 0.15) is 0 Å². The standard InChI is InChI=1S/2C18H18S2.Ni/c2*1-11-10-16(14(4)13(3)12(11)2)18(20)17(19)15-8-6-5-7-9-15;/h2*5-10H,1-4H3;. The first-order chi connectivity index (χ1) is 18.9. The molecule has 0 aliphatic carbocycles. The van der Waals surface area contributed by atoms with Crippen LogP contribution in [0.3, 0.4) is 0 Å². The van der Waals surface area contributed by atoms with Gasteiger partial charge in [-0.1, -0.05) is 110 Å². The molecule has 214 valence electrons. The molecule has 41 heavy (non-hydrogen) atoms. The van der Waals surface area contributed by atoms with Gasteiger partial charge in [-0.05, 0) is 134 Å². The fraction of sp³-hybridized carbons (Fsp3) is 0.222. The topological polar surface area (TPSA) is 0 Å². The first-order valence-electron chi connectivity index (χ1n) is 13.3. The predicted octanol–water partition coefficient (Wildman–Crippen LogP) is 10.1. The van der Waals surface area contributed by atoms with Crippen LogP contribution in [0, 0.1) is 55.4 Å². The molecule has 4 aromatic rings. The summed E-state index contributed by atoms with van der Waals surface area (Å²) in [5.41, 5.74) is 14.5. The quantitative estimate of drug-likeness (QED) is 0.115. The minimum Gasteiger partial charge on any atom is -0.0778 e. The van der Waals surface area contributed by atoms with Gasteiger partial charge in [-0.15, -0.1) is 0 Å². The van der Waals surface area contributed by atoms with Crippen LogP contribution >= 0.6 is 48.9 Å². The summed E-state index contributed by atoms with van der Waals surface area (Å²) in [5, 5.41) is 0. The van der Waals surface area contributed by atoms with E-state index in [1.54, 1.807) is 0 Å². The Hall–Kier alpha value is -2.27. The average molecular weight is 656 g/mol. The number of aryl methyl sites for hydroxylation is 2. The maximum absolute atomic E-state index is 5.63. The molecule has 0 saturated carbocycles. The Morgan fingerprint density at radius 2 is 0.683 bits per heavy atom. The van der Waals surface area contributed by atoms with Crippen LogP contribution in [0.5, 0.6) is 0 Å². The third-order valence-corrected chi connectivity index (χ3v) is 9.92. The molecule has 0 amide bonds. The summed E-state index contributed by atoms with van der Waals surface area (Å²) in [6.07, 6.45) is 0. The van der Waals surface area contributed by atoms with Crippen LogP contribution in [-0.4, -0.2) is 19.5 Å². The van der Waals surface area contributed by atoms with Gasteiger partial charge in [-0.25, -0.2) is 0 Å². The summed E-state index contributed by atoms with van der Waals surface area (Å²) in [6.45, 7) is 17.1. The van der Waals surface area contributed by atoms with Crippen molar-refractivity contribution in [2.24, 2.45) is 0 Å².